The third kappa shape index (κ3) is 3.36. The molecule has 1 aliphatic carbocycles. The Morgan fingerprint density at radius 1 is 1.37 bits per heavy atom. The second-order valence-electron chi connectivity index (χ2n) is 5.09. The Morgan fingerprint density at radius 3 is 2.47 bits per heavy atom. The van der Waals surface area contributed by atoms with Crippen LogP contribution in [0.1, 0.15) is 46.5 Å². The van der Waals surface area contributed by atoms with Gasteiger partial charge in [-0.05, 0) is 18.8 Å². The van der Waals surface area contributed by atoms with Crippen molar-refractivity contribution in [1.29, 1.82) is 0 Å². The number of hydrogen-bond acceptors (Lipinski definition) is 4. The van der Waals surface area contributed by atoms with Crippen LogP contribution in [0.3, 0.4) is 0 Å². The fourth-order valence-corrected chi connectivity index (χ4v) is 3.45. The Labute approximate surface area is 116 Å². The minimum atomic E-state index is -0.461. The van der Waals surface area contributed by atoms with Crippen molar-refractivity contribution in [3.05, 3.63) is 0 Å². The van der Waals surface area contributed by atoms with Crippen molar-refractivity contribution in [2.75, 3.05) is 19.8 Å². The molecular weight excluding hydrogens is 244 g/mol. The topological polar surface area (TPSA) is 55.8 Å². The maximum absolute atomic E-state index is 11.0. The highest BCUT2D eigenvalue weighted by Crippen LogP contribution is 2.50. The van der Waals surface area contributed by atoms with E-state index in [9.17, 15) is 9.90 Å². The van der Waals surface area contributed by atoms with Gasteiger partial charge >= 0.3 is 0 Å². The number of carbonyl (C=O) groups excluding carboxylic acids is 1. The fraction of sp³-hybridized carbons (Fsp3) is 0.933. The average molecular weight is 272 g/mol. The molecule has 1 aliphatic heterocycles. The lowest BCUT2D eigenvalue weighted by atomic mass is 9.81. The maximum Gasteiger partial charge on any atom is 0.171 e. The van der Waals surface area contributed by atoms with Crippen LogP contribution < -0.4 is 0 Å². The van der Waals surface area contributed by atoms with E-state index in [4.69, 9.17) is 9.47 Å². The summed E-state index contributed by atoms with van der Waals surface area (Å²) >= 11 is 0. The third-order valence-corrected chi connectivity index (χ3v) is 4.22. The van der Waals surface area contributed by atoms with Crippen LogP contribution in [0, 0.1) is 17.8 Å². The summed E-state index contributed by atoms with van der Waals surface area (Å²) in [6.45, 7) is 7.37. The second kappa shape index (κ2) is 7.98. The number of ether oxygens (including phenoxy) is 2. The summed E-state index contributed by atoms with van der Waals surface area (Å²) in [6.07, 6.45) is 4.70. The number of carbonyl (C=O) groups is 1. The third-order valence-electron chi connectivity index (χ3n) is 4.22. The molecule has 0 radical (unpaired) electrons. The molecule has 0 aromatic carbocycles. The number of hydrogen-bond donors (Lipinski definition) is 1. The van der Waals surface area contributed by atoms with Crippen LogP contribution >= 0.6 is 0 Å². The molecule has 2 aliphatic rings. The lowest BCUT2D eigenvalue weighted by Gasteiger charge is -2.33. The molecule has 1 N–H and O–H groups in total. The summed E-state index contributed by atoms with van der Waals surface area (Å²) < 4.78 is 11.6. The monoisotopic (exact) mass is 272 g/mol. The predicted octanol–water partition coefficient (Wildman–Crippen LogP) is 2.39. The van der Waals surface area contributed by atoms with Gasteiger partial charge in [0, 0.05) is 18.3 Å². The molecule has 0 amide bonds. The molecule has 0 bridgehead atoms. The number of aldehydes is 1. The van der Waals surface area contributed by atoms with Crippen molar-refractivity contribution < 1.29 is 19.4 Å². The highest BCUT2D eigenvalue weighted by atomic mass is 16.7. The smallest absolute Gasteiger partial charge is 0.171 e. The van der Waals surface area contributed by atoms with Gasteiger partial charge in [0.1, 0.15) is 6.29 Å². The van der Waals surface area contributed by atoms with Crippen LogP contribution in [-0.4, -0.2) is 37.0 Å². The van der Waals surface area contributed by atoms with Crippen molar-refractivity contribution in [2.24, 2.45) is 17.8 Å². The zero-order chi connectivity index (χ0) is 14.3. The zero-order valence-electron chi connectivity index (χ0n) is 12.4. The molecule has 1 saturated heterocycles. The minimum absolute atomic E-state index is 0.0650. The Kier molecular flexibility index (Phi) is 6.97. The quantitative estimate of drug-likeness (QED) is 0.781. The molecule has 19 heavy (non-hydrogen) atoms. The number of aliphatic hydroxyl groups excluding tert-OH is 1. The first-order valence-corrected chi connectivity index (χ1v) is 7.61. The van der Waals surface area contributed by atoms with Crippen molar-refractivity contribution in [3.8, 4) is 0 Å². The van der Waals surface area contributed by atoms with Crippen LogP contribution in [0.15, 0.2) is 0 Å². The van der Waals surface area contributed by atoms with Crippen molar-refractivity contribution >= 4 is 6.29 Å². The average Bonchev–Trinajstić information content (AvgIpc) is 3.06. The van der Waals surface area contributed by atoms with Gasteiger partial charge in [-0.3, -0.25) is 0 Å². The molecule has 4 nitrogen and oxygen atoms in total. The van der Waals surface area contributed by atoms with Gasteiger partial charge in [0.15, 0.2) is 5.79 Å². The standard InChI is InChI=1S/C13H22O4.C2H6/c1-2-3-12-11(10(8-14)9-15)4-5-13(12)16-6-7-17-13;1-2/h8,10-12,15H,2-7,9H2,1H3;1-2H3. The highest BCUT2D eigenvalue weighted by molar-refractivity contribution is 5.54. The largest absolute Gasteiger partial charge is 0.396 e. The van der Waals surface area contributed by atoms with Gasteiger partial charge in [-0.15, -0.1) is 0 Å². The molecule has 2 fully saturated rings. The summed E-state index contributed by atoms with van der Waals surface area (Å²) in [5.74, 6) is -0.275. The molecule has 4 heteroatoms. The van der Waals surface area contributed by atoms with E-state index < -0.39 is 5.79 Å². The first-order chi connectivity index (χ1) is 9.27. The molecule has 1 saturated carbocycles. The molecule has 112 valence electrons. The Balaban J connectivity index is 0.000000861. The summed E-state index contributed by atoms with van der Waals surface area (Å²) in [6, 6.07) is 0. The first kappa shape index (κ1) is 16.6. The van der Waals surface area contributed by atoms with E-state index in [0.29, 0.717) is 13.2 Å². The van der Waals surface area contributed by atoms with Gasteiger partial charge < -0.3 is 19.4 Å². The lowest BCUT2D eigenvalue weighted by Crippen LogP contribution is -2.39. The zero-order valence-corrected chi connectivity index (χ0v) is 12.4. The summed E-state index contributed by atoms with van der Waals surface area (Å²) in [4.78, 5) is 11.0. The fourth-order valence-electron chi connectivity index (χ4n) is 3.45. The molecular formula is C15H28O4. The molecule has 0 aromatic rings. The molecule has 0 aromatic heterocycles. The summed E-state index contributed by atoms with van der Waals surface area (Å²) in [5, 5.41) is 9.29. The van der Waals surface area contributed by atoms with Gasteiger partial charge in [0.2, 0.25) is 0 Å². The summed E-state index contributed by atoms with van der Waals surface area (Å²) in [5.41, 5.74) is 0. The van der Waals surface area contributed by atoms with Crippen molar-refractivity contribution in [1.82, 2.24) is 0 Å². The molecule has 2 rings (SSSR count). The van der Waals surface area contributed by atoms with E-state index in [2.05, 4.69) is 6.92 Å². The molecule has 3 unspecified atom stereocenters. The van der Waals surface area contributed by atoms with E-state index in [1.54, 1.807) is 0 Å². The Bertz CT molecular complexity index is 261. The first-order valence-electron chi connectivity index (χ1n) is 7.61. The summed E-state index contributed by atoms with van der Waals surface area (Å²) in [7, 11) is 0. The normalized spacial score (nSPS) is 29.9. The van der Waals surface area contributed by atoms with Crippen molar-refractivity contribution in [2.45, 2.75) is 52.2 Å². The molecule has 3 atom stereocenters. The van der Waals surface area contributed by atoms with Gasteiger partial charge in [-0.1, -0.05) is 27.2 Å². The van der Waals surface area contributed by atoms with Crippen LogP contribution in [0.4, 0.5) is 0 Å². The lowest BCUT2D eigenvalue weighted by molar-refractivity contribution is -0.190. The number of aliphatic hydroxyl groups is 1. The van der Waals surface area contributed by atoms with E-state index in [0.717, 1.165) is 32.0 Å². The SMILES string of the molecule is CC.CCCC1C(C(C=O)CO)CCC12OCCO2. The van der Waals surface area contributed by atoms with E-state index in [1.165, 1.54) is 0 Å². The van der Waals surface area contributed by atoms with E-state index >= 15 is 0 Å². The molecule has 1 heterocycles. The van der Waals surface area contributed by atoms with Gasteiger partial charge in [-0.25, -0.2) is 0 Å². The van der Waals surface area contributed by atoms with Crippen molar-refractivity contribution in [3.63, 3.8) is 0 Å². The van der Waals surface area contributed by atoms with Gasteiger partial charge in [0.05, 0.1) is 19.8 Å². The Hall–Kier alpha value is -0.450. The Morgan fingerprint density at radius 2 is 2.00 bits per heavy atom. The second-order valence-corrected chi connectivity index (χ2v) is 5.09. The van der Waals surface area contributed by atoms with Crippen LogP contribution in [-0.2, 0) is 14.3 Å². The predicted molar refractivity (Wildman–Crippen MR) is 73.7 cm³/mol. The van der Waals surface area contributed by atoms with Gasteiger partial charge in [0.25, 0.3) is 0 Å². The highest BCUT2D eigenvalue weighted by Gasteiger charge is 2.53. The van der Waals surface area contributed by atoms with E-state index in [-0.39, 0.29) is 24.4 Å². The minimum Gasteiger partial charge on any atom is -0.396 e. The molecule has 1 spiro atoms. The number of rotatable bonds is 5. The van der Waals surface area contributed by atoms with Crippen LogP contribution in [0.25, 0.3) is 0 Å². The van der Waals surface area contributed by atoms with Crippen LogP contribution in [0.2, 0.25) is 0 Å². The van der Waals surface area contributed by atoms with Gasteiger partial charge in [-0.2, -0.15) is 0 Å². The van der Waals surface area contributed by atoms with E-state index in [1.807, 2.05) is 13.8 Å². The maximum atomic E-state index is 11.0. The van der Waals surface area contributed by atoms with Crippen LogP contribution in [0.5, 0.6) is 0 Å².